The number of amides is 2. The summed E-state index contributed by atoms with van der Waals surface area (Å²) in [6, 6.07) is 4.05. The van der Waals surface area contributed by atoms with Crippen molar-refractivity contribution in [3.8, 4) is 0 Å². The number of hydrogen-bond acceptors (Lipinski definition) is 6. The Morgan fingerprint density at radius 1 is 1.19 bits per heavy atom. The van der Waals surface area contributed by atoms with Crippen LogP contribution in [-0.4, -0.2) is 22.5 Å². The topological polar surface area (TPSA) is 109 Å². The molecule has 2 aromatic rings. The minimum atomic E-state index is -0.305. The zero-order chi connectivity index (χ0) is 19.3. The standard InChI is InChI=1S/C18H23N5O2S/c1-10-5-11(2)17(12(3)6-10)21-15(24)7-13(4)22-23-16(25)8-14-9-26-18(19)20-14/h5-6,9H,7-8H2,1-4H3,(H2,19,20)(H,21,24)(H,23,25). The molecule has 1 heterocycles. The van der Waals surface area contributed by atoms with Gasteiger partial charge in [-0.3, -0.25) is 9.59 Å². The lowest BCUT2D eigenvalue weighted by atomic mass is 10.0. The minimum absolute atomic E-state index is 0.0939. The molecule has 2 amide bonds. The molecule has 0 aliphatic carbocycles. The van der Waals surface area contributed by atoms with Crippen LogP contribution in [0.2, 0.25) is 0 Å². The van der Waals surface area contributed by atoms with Gasteiger partial charge in [-0.05, 0) is 38.8 Å². The van der Waals surface area contributed by atoms with Crippen LogP contribution in [0.5, 0.6) is 0 Å². The molecule has 0 radical (unpaired) electrons. The van der Waals surface area contributed by atoms with E-state index in [9.17, 15) is 9.59 Å². The number of nitrogens with two attached hydrogens (primary N) is 1. The zero-order valence-corrected chi connectivity index (χ0v) is 16.2. The molecule has 7 nitrogen and oxygen atoms in total. The van der Waals surface area contributed by atoms with Gasteiger partial charge in [-0.25, -0.2) is 10.4 Å². The second kappa shape index (κ2) is 8.57. The maximum atomic E-state index is 12.2. The quantitative estimate of drug-likeness (QED) is 0.534. The average molecular weight is 373 g/mol. The summed E-state index contributed by atoms with van der Waals surface area (Å²) in [6.07, 6.45) is 0.190. The molecule has 0 aliphatic rings. The van der Waals surface area contributed by atoms with Crippen molar-refractivity contribution >= 4 is 39.7 Å². The molecule has 2 rings (SSSR count). The van der Waals surface area contributed by atoms with Gasteiger partial charge in [0.05, 0.1) is 18.5 Å². The third-order valence-electron chi connectivity index (χ3n) is 3.64. The Kier molecular flexibility index (Phi) is 6.46. The van der Waals surface area contributed by atoms with Crippen molar-refractivity contribution < 1.29 is 9.59 Å². The number of nitrogens with one attached hydrogen (secondary N) is 2. The van der Waals surface area contributed by atoms with Gasteiger partial charge in [-0.2, -0.15) is 5.10 Å². The lowest BCUT2D eigenvalue weighted by Crippen LogP contribution is -2.23. The van der Waals surface area contributed by atoms with Crippen LogP contribution in [-0.2, 0) is 16.0 Å². The second-order valence-corrected chi connectivity index (χ2v) is 7.12. The van der Waals surface area contributed by atoms with Gasteiger partial charge in [-0.1, -0.05) is 17.7 Å². The third-order valence-corrected chi connectivity index (χ3v) is 4.36. The van der Waals surface area contributed by atoms with Crippen LogP contribution >= 0.6 is 11.3 Å². The van der Waals surface area contributed by atoms with E-state index in [1.807, 2.05) is 32.9 Å². The van der Waals surface area contributed by atoms with Crippen LogP contribution in [0.15, 0.2) is 22.6 Å². The van der Waals surface area contributed by atoms with Crippen molar-refractivity contribution in [1.82, 2.24) is 10.4 Å². The summed E-state index contributed by atoms with van der Waals surface area (Å²) in [5.74, 6) is -0.483. The first kappa shape index (κ1) is 19.6. The number of hydrazone groups is 1. The third kappa shape index (κ3) is 5.66. The fraction of sp³-hybridized carbons (Fsp3) is 0.333. The first-order valence-corrected chi connectivity index (χ1v) is 9.02. The molecule has 0 fully saturated rings. The van der Waals surface area contributed by atoms with Crippen LogP contribution in [0, 0.1) is 20.8 Å². The van der Waals surface area contributed by atoms with Gasteiger partial charge in [0.2, 0.25) is 11.8 Å². The Labute approximate surface area is 156 Å². The number of benzene rings is 1. The summed E-state index contributed by atoms with van der Waals surface area (Å²) in [5, 5.41) is 9.03. The average Bonchev–Trinajstić information content (AvgIpc) is 2.94. The van der Waals surface area contributed by atoms with Gasteiger partial charge in [0.15, 0.2) is 5.13 Å². The van der Waals surface area contributed by atoms with Crippen LogP contribution < -0.4 is 16.5 Å². The first-order chi connectivity index (χ1) is 12.2. The molecule has 1 aromatic heterocycles. The monoisotopic (exact) mass is 373 g/mol. The van der Waals surface area contributed by atoms with Crippen molar-refractivity contribution in [2.45, 2.75) is 40.5 Å². The Balaban J connectivity index is 1.88. The Hall–Kier alpha value is -2.74. The Morgan fingerprint density at radius 2 is 1.85 bits per heavy atom. The number of hydrogen-bond donors (Lipinski definition) is 3. The number of anilines is 2. The van der Waals surface area contributed by atoms with Gasteiger partial charge < -0.3 is 11.1 Å². The molecule has 1 aromatic carbocycles. The van der Waals surface area contributed by atoms with Gasteiger partial charge in [0, 0.05) is 16.8 Å². The maximum absolute atomic E-state index is 12.2. The van der Waals surface area contributed by atoms with E-state index in [2.05, 4.69) is 20.8 Å². The summed E-state index contributed by atoms with van der Waals surface area (Å²) in [4.78, 5) is 28.1. The zero-order valence-electron chi connectivity index (χ0n) is 15.3. The molecular weight excluding hydrogens is 350 g/mol. The molecule has 0 bridgehead atoms. The molecule has 0 atom stereocenters. The molecule has 0 saturated carbocycles. The largest absolute Gasteiger partial charge is 0.375 e. The lowest BCUT2D eigenvalue weighted by Gasteiger charge is -2.12. The van der Waals surface area contributed by atoms with Crippen LogP contribution in [0.4, 0.5) is 10.8 Å². The number of nitrogens with zero attached hydrogens (tertiary/aromatic N) is 2. The maximum Gasteiger partial charge on any atom is 0.246 e. The van der Waals surface area contributed by atoms with E-state index in [-0.39, 0.29) is 24.7 Å². The highest BCUT2D eigenvalue weighted by atomic mass is 32.1. The number of thiazole rings is 1. The van der Waals surface area contributed by atoms with Crippen LogP contribution in [0.1, 0.15) is 35.7 Å². The molecule has 26 heavy (non-hydrogen) atoms. The van der Waals surface area contributed by atoms with E-state index in [0.29, 0.717) is 16.5 Å². The fourth-order valence-corrected chi connectivity index (χ4v) is 3.16. The molecule has 4 N–H and O–H groups in total. The van der Waals surface area contributed by atoms with Crippen molar-refractivity contribution in [1.29, 1.82) is 0 Å². The molecule has 0 aliphatic heterocycles. The second-order valence-electron chi connectivity index (χ2n) is 6.23. The Morgan fingerprint density at radius 3 is 2.42 bits per heavy atom. The molecule has 8 heteroatoms. The Bertz CT molecular complexity index is 834. The highest BCUT2D eigenvalue weighted by Gasteiger charge is 2.10. The smallest absolute Gasteiger partial charge is 0.246 e. The molecule has 0 spiro atoms. The number of carbonyl (C=O) groups is 2. The number of nitrogen functional groups attached to an aromatic ring is 1. The van der Waals surface area contributed by atoms with Gasteiger partial charge >= 0.3 is 0 Å². The number of rotatable bonds is 6. The molecule has 138 valence electrons. The van der Waals surface area contributed by atoms with Crippen molar-refractivity contribution in [2.75, 3.05) is 11.1 Å². The molecule has 0 saturated heterocycles. The number of aryl methyl sites for hydroxylation is 3. The number of aromatic nitrogens is 1. The van der Waals surface area contributed by atoms with E-state index >= 15 is 0 Å². The van der Waals surface area contributed by atoms with Gasteiger partial charge in [0.25, 0.3) is 0 Å². The summed E-state index contributed by atoms with van der Waals surface area (Å²) in [5.41, 5.74) is 13.1. The highest BCUT2D eigenvalue weighted by Crippen LogP contribution is 2.22. The predicted molar refractivity (Wildman–Crippen MR) is 105 cm³/mol. The van der Waals surface area contributed by atoms with E-state index in [1.54, 1.807) is 12.3 Å². The van der Waals surface area contributed by atoms with E-state index in [4.69, 9.17) is 5.73 Å². The van der Waals surface area contributed by atoms with E-state index in [1.165, 1.54) is 11.3 Å². The summed E-state index contributed by atoms with van der Waals surface area (Å²) >= 11 is 1.28. The highest BCUT2D eigenvalue weighted by molar-refractivity contribution is 7.13. The summed E-state index contributed by atoms with van der Waals surface area (Å²) < 4.78 is 0. The van der Waals surface area contributed by atoms with Crippen LogP contribution in [0.25, 0.3) is 0 Å². The van der Waals surface area contributed by atoms with Crippen molar-refractivity contribution in [2.24, 2.45) is 5.10 Å². The predicted octanol–water partition coefficient (Wildman–Crippen LogP) is 2.71. The SMILES string of the molecule is CC(CC(=O)Nc1c(C)cc(C)cc1C)=NNC(=O)Cc1csc(N)n1. The number of carbonyl (C=O) groups excluding carboxylic acids is 2. The first-order valence-electron chi connectivity index (χ1n) is 8.14. The minimum Gasteiger partial charge on any atom is -0.375 e. The van der Waals surface area contributed by atoms with Gasteiger partial charge in [0.1, 0.15) is 0 Å². The summed E-state index contributed by atoms with van der Waals surface area (Å²) in [6.45, 7) is 7.63. The fourth-order valence-electron chi connectivity index (χ4n) is 2.60. The lowest BCUT2D eigenvalue weighted by molar-refractivity contribution is -0.120. The van der Waals surface area contributed by atoms with Gasteiger partial charge in [-0.15, -0.1) is 11.3 Å². The molecule has 0 unspecified atom stereocenters. The summed E-state index contributed by atoms with van der Waals surface area (Å²) in [7, 11) is 0. The van der Waals surface area contributed by atoms with E-state index in [0.717, 1.165) is 22.4 Å². The van der Waals surface area contributed by atoms with Crippen molar-refractivity contribution in [3.05, 3.63) is 39.9 Å². The van der Waals surface area contributed by atoms with Crippen molar-refractivity contribution in [3.63, 3.8) is 0 Å². The molecular formula is C18H23N5O2S. The van der Waals surface area contributed by atoms with Crippen LogP contribution in [0.3, 0.4) is 0 Å². The normalized spacial score (nSPS) is 11.3. The van der Waals surface area contributed by atoms with E-state index < -0.39 is 0 Å².